The van der Waals surface area contributed by atoms with Gasteiger partial charge in [0.1, 0.15) is 0 Å². The maximum Gasteiger partial charge on any atom is 0.0685 e. The van der Waals surface area contributed by atoms with Gasteiger partial charge in [-0.05, 0) is 65.6 Å². The maximum absolute atomic E-state index is 9.98. The standard InChI is InChI=1S/C26H31N3O/c1-19-6-5-13-28-25(19)17-29(16-22-12-11-20(15-27)14-23(22)18-30)26-10-4-8-21-7-2-3-9-24(21)26/h2-3,5-7,9,11-14,26,30H,4,8,10,15-18,27H2,1H3/t26-/m0/s1. The molecule has 0 spiro atoms. The molecule has 0 bridgehead atoms. The van der Waals surface area contributed by atoms with Crippen LogP contribution in [-0.2, 0) is 32.7 Å². The van der Waals surface area contributed by atoms with Gasteiger partial charge in [-0.1, -0.05) is 48.5 Å². The lowest BCUT2D eigenvalue weighted by molar-refractivity contribution is 0.157. The summed E-state index contributed by atoms with van der Waals surface area (Å²) in [5.74, 6) is 0. The second kappa shape index (κ2) is 9.52. The minimum Gasteiger partial charge on any atom is -0.392 e. The number of aromatic nitrogens is 1. The molecule has 4 nitrogen and oxygen atoms in total. The zero-order chi connectivity index (χ0) is 20.9. The number of aliphatic hydroxyl groups is 1. The molecule has 30 heavy (non-hydrogen) atoms. The van der Waals surface area contributed by atoms with Crippen molar-refractivity contribution in [3.05, 3.63) is 99.9 Å². The van der Waals surface area contributed by atoms with Gasteiger partial charge >= 0.3 is 0 Å². The van der Waals surface area contributed by atoms with Crippen molar-refractivity contribution in [1.82, 2.24) is 9.88 Å². The summed E-state index contributed by atoms with van der Waals surface area (Å²) in [4.78, 5) is 7.20. The Labute approximate surface area is 179 Å². The molecule has 1 heterocycles. The molecular weight excluding hydrogens is 370 g/mol. The molecule has 0 saturated heterocycles. The van der Waals surface area contributed by atoms with Crippen LogP contribution in [0.3, 0.4) is 0 Å². The molecule has 3 aromatic rings. The van der Waals surface area contributed by atoms with Crippen molar-refractivity contribution in [1.29, 1.82) is 0 Å². The third-order valence-corrected chi connectivity index (χ3v) is 6.30. The number of hydrogen-bond acceptors (Lipinski definition) is 4. The molecule has 0 saturated carbocycles. The van der Waals surface area contributed by atoms with Crippen molar-refractivity contribution in [2.24, 2.45) is 5.73 Å². The van der Waals surface area contributed by atoms with Crippen molar-refractivity contribution in [2.45, 2.75) is 58.5 Å². The van der Waals surface area contributed by atoms with E-state index in [1.54, 1.807) is 0 Å². The van der Waals surface area contributed by atoms with E-state index in [0.29, 0.717) is 12.6 Å². The Morgan fingerprint density at radius 1 is 1.07 bits per heavy atom. The van der Waals surface area contributed by atoms with Crippen LogP contribution in [0.15, 0.2) is 60.8 Å². The van der Waals surface area contributed by atoms with E-state index < -0.39 is 0 Å². The molecule has 0 radical (unpaired) electrons. The number of nitrogens with two attached hydrogens (primary N) is 1. The third kappa shape index (κ3) is 4.46. The minimum atomic E-state index is 0.0287. The Morgan fingerprint density at radius 2 is 1.93 bits per heavy atom. The van der Waals surface area contributed by atoms with Gasteiger partial charge in [0.05, 0.1) is 12.3 Å². The van der Waals surface area contributed by atoms with Crippen LogP contribution in [-0.4, -0.2) is 15.0 Å². The lowest BCUT2D eigenvalue weighted by Crippen LogP contribution is -2.31. The number of fused-ring (bicyclic) bond motifs is 1. The second-order valence-electron chi connectivity index (χ2n) is 8.24. The van der Waals surface area contributed by atoms with Crippen molar-refractivity contribution in [3.8, 4) is 0 Å². The van der Waals surface area contributed by atoms with E-state index in [4.69, 9.17) is 5.73 Å². The Kier molecular flexibility index (Phi) is 6.58. The maximum atomic E-state index is 9.98. The van der Waals surface area contributed by atoms with E-state index in [0.717, 1.165) is 48.3 Å². The summed E-state index contributed by atoms with van der Waals surface area (Å²) in [7, 11) is 0. The Bertz CT molecular complexity index is 1000. The van der Waals surface area contributed by atoms with Gasteiger partial charge in [-0.25, -0.2) is 0 Å². The summed E-state index contributed by atoms with van der Waals surface area (Å²) in [6.07, 6.45) is 5.36. The first kappa shape index (κ1) is 20.7. The quantitative estimate of drug-likeness (QED) is 0.615. The molecule has 4 rings (SSSR count). The first-order valence-electron chi connectivity index (χ1n) is 10.8. The topological polar surface area (TPSA) is 62.4 Å². The monoisotopic (exact) mass is 401 g/mol. The zero-order valence-corrected chi connectivity index (χ0v) is 17.7. The molecule has 156 valence electrons. The lowest BCUT2D eigenvalue weighted by Gasteiger charge is -2.36. The lowest BCUT2D eigenvalue weighted by atomic mass is 9.86. The van der Waals surface area contributed by atoms with Crippen LogP contribution in [0, 0.1) is 6.92 Å². The van der Waals surface area contributed by atoms with Crippen molar-refractivity contribution < 1.29 is 5.11 Å². The molecular formula is C26H31N3O. The van der Waals surface area contributed by atoms with E-state index in [-0.39, 0.29) is 6.61 Å². The van der Waals surface area contributed by atoms with E-state index in [9.17, 15) is 5.11 Å². The first-order valence-corrected chi connectivity index (χ1v) is 10.8. The molecule has 1 atom stereocenters. The van der Waals surface area contributed by atoms with Crippen molar-refractivity contribution in [3.63, 3.8) is 0 Å². The summed E-state index contributed by atoms with van der Waals surface area (Å²) in [5.41, 5.74) is 14.2. The molecule has 4 heteroatoms. The number of hydrogen-bond donors (Lipinski definition) is 2. The van der Waals surface area contributed by atoms with Crippen LogP contribution in [0.2, 0.25) is 0 Å². The average Bonchev–Trinajstić information content (AvgIpc) is 2.79. The number of aliphatic hydroxyl groups excluding tert-OH is 1. The second-order valence-corrected chi connectivity index (χ2v) is 8.24. The highest BCUT2D eigenvalue weighted by molar-refractivity contribution is 5.35. The zero-order valence-electron chi connectivity index (χ0n) is 17.7. The predicted octanol–water partition coefficient (Wildman–Crippen LogP) is 4.42. The first-order chi connectivity index (χ1) is 14.7. The van der Waals surface area contributed by atoms with Gasteiger partial charge in [-0.15, -0.1) is 0 Å². The molecule has 1 aliphatic carbocycles. The molecule has 1 aliphatic rings. The smallest absolute Gasteiger partial charge is 0.0685 e. The number of aryl methyl sites for hydroxylation is 2. The predicted molar refractivity (Wildman–Crippen MR) is 121 cm³/mol. The highest BCUT2D eigenvalue weighted by Crippen LogP contribution is 2.36. The fraction of sp³-hybridized carbons (Fsp3) is 0.346. The van der Waals surface area contributed by atoms with Crippen molar-refractivity contribution in [2.75, 3.05) is 0 Å². The molecule has 1 aromatic heterocycles. The SMILES string of the molecule is Cc1cccnc1CN(Cc1ccc(CN)cc1CO)[C@H]1CCCc2ccccc21. The van der Waals surface area contributed by atoms with Crippen LogP contribution in [0.4, 0.5) is 0 Å². The number of nitrogens with zero attached hydrogens (tertiary/aromatic N) is 2. The van der Waals surface area contributed by atoms with E-state index in [1.165, 1.54) is 23.1 Å². The molecule has 0 amide bonds. The van der Waals surface area contributed by atoms with Gasteiger partial charge in [-0.2, -0.15) is 0 Å². The van der Waals surface area contributed by atoms with Gasteiger partial charge in [0.25, 0.3) is 0 Å². The highest BCUT2D eigenvalue weighted by Gasteiger charge is 2.27. The number of rotatable bonds is 7. The van der Waals surface area contributed by atoms with Crippen LogP contribution in [0.5, 0.6) is 0 Å². The average molecular weight is 402 g/mol. The van der Waals surface area contributed by atoms with Crippen LogP contribution >= 0.6 is 0 Å². The fourth-order valence-electron chi connectivity index (χ4n) is 4.59. The van der Waals surface area contributed by atoms with Crippen LogP contribution in [0.1, 0.15) is 58.0 Å². The van der Waals surface area contributed by atoms with Gasteiger partial charge in [-0.3, -0.25) is 9.88 Å². The molecule has 0 fully saturated rings. The molecule has 3 N–H and O–H groups in total. The summed E-state index contributed by atoms with van der Waals surface area (Å²) >= 11 is 0. The van der Waals surface area contributed by atoms with Gasteiger partial charge in [0, 0.05) is 31.9 Å². The number of pyridine rings is 1. The van der Waals surface area contributed by atoms with Gasteiger partial charge < -0.3 is 10.8 Å². The van der Waals surface area contributed by atoms with Gasteiger partial charge in [0.2, 0.25) is 0 Å². The van der Waals surface area contributed by atoms with Crippen molar-refractivity contribution >= 4 is 0 Å². The van der Waals surface area contributed by atoms with Crippen LogP contribution in [0.25, 0.3) is 0 Å². The van der Waals surface area contributed by atoms with Gasteiger partial charge in [0.15, 0.2) is 0 Å². The highest BCUT2D eigenvalue weighted by atomic mass is 16.3. The molecule has 0 unspecified atom stereocenters. The van der Waals surface area contributed by atoms with E-state index in [1.807, 2.05) is 18.3 Å². The Balaban J connectivity index is 1.71. The molecule has 0 aliphatic heterocycles. The Hall–Kier alpha value is -2.53. The summed E-state index contributed by atoms with van der Waals surface area (Å²) in [6.45, 7) is 4.20. The Morgan fingerprint density at radius 3 is 2.73 bits per heavy atom. The summed E-state index contributed by atoms with van der Waals surface area (Å²) < 4.78 is 0. The summed E-state index contributed by atoms with van der Waals surface area (Å²) in [6, 6.07) is 19.5. The molecule has 2 aromatic carbocycles. The largest absolute Gasteiger partial charge is 0.392 e. The van der Waals surface area contributed by atoms with Crippen LogP contribution < -0.4 is 5.73 Å². The van der Waals surface area contributed by atoms with E-state index >= 15 is 0 Å². The normalized spacial score (nSPS) is 15.9. The fourth-order valence-corrected chi connectivity index (χ4v) is 4.59. The summed E-state index contributed by atoms with van der Waals surface area (Å²) in [5, 5.41) is 9.98. The number of benzene rings is 2. The van der Waals surface area contributed by atoms with E-state index in [2.05, 4.69) is 59.3 Å². The third-order valence-electron chi connectivity index (χ3n) is 6.30. The minimum absolute atomic E-state index is 0.0287.